The van der Waals surface area contributed by atoms with Gasteiger partial charge in [-0.2, -0.15) is 0 Å². The first kappa shape index (κ1) is 12.0. The van der Waals surface area contributed by atoms with E-state index in [9.17, 15) is 22.5 Å². The first-order valence-electron chi connectivity index (χ1n) is 2.81. The first-order chi connectivity index (χ1) is 5.52. The Kier molecular flexibility index (Phi) is 6.55. The minimum absolute atomic E-state index is 1.08. The van der Waals surface area contributed by atoms with Crippen molar-refractivity contribution >= 4 is 8.60 Å². The van der Waals surface area contributed by atoms with Gasteiger partial charge in [-0.15, -0.1) is 0 Å². The van der Waals surface area contributed by atoms with Crippen LogP contribution in [0.5, 0.6) is 0 Å². The molecule has 0 aromatic carbocycles. The summed E-state index contributed by atoms with van der Waals surface area (Å²) in [5.41, 5.74) is 0. The zero-order valence-electron chi connectivity index (χ0n) is 5.75. The number of halogens is 4. The largest absolute Gasteiger partial charge is 0.786 e. The lowest BCUT2D eigenvalue weighted by Crippen LogP contribution is -2.11. The van der Waals surface area contributed by atoms with Crippen molar-refractivity contribution in [2.75, 3.05) is 13.2 Å². The highest BCUT2D eigenvalue weighted by atomic mass is 31.2. The van der Waals surface area contributed by atoms with Gasteiger partial charge >= 0.3 is 0 Å². The second-order valence-electron chi connectivity index (χ2n) is 1.60. The van der Waals surface area contributed by atoms with Gasteiger partial charge in [0, 0.05) is 0 Å². The Labute approximate surface area is 67.3 Å². The Bertz CT molecular complexity index is 102. The summed E-state index contributed by atoms with van der Waals surface area (Å²) in [4.78, 5) is 10.3. The quantitative estimate of drug-likeness (QED) is 0.486. The highest BCUT2D eigenvalue weighted by Gasteiger charge is 2.07. The number of rotatable bonds is 6. The molecule has 0 unspecified atom stereocenters. The van der Waals surface area contributed by atoms with E-state index in [1.165, 1.54) is 0 Å². The van der Waals surface area contributed by atoms with Crippen LogP contribution >= 0.6 is 8.60 Å². The van der Waals surface area contributed by atoms with Gasteiger partial charge < -0.3 is 13.9 Å². The van der Waals surface area contributed by atoms with E-state index in [1.54, 1.807) is 0 Å². The lowest BCUT2D eigenvalue weighted by atomic mass is 10.8. The Morgan fingerprint density at radius 3 is 1.58 bits per heavy atom. The van der Waals surface area contributed by atoms with Gasteiger partial charge in [0.2, 0.25) is 0 Å². The third-order valence-corrected chi connectivity index (χ3v) is 1.33. The van der Waals surface area contributed by atoms with E-state index in [0.29, 0.717) is 0 Å². The van der Waals surface area contributed by atoms with E-state index in [1.807, 2.05) is 0 Å². The molecule has 0 aromatic rings. The fraction of sp³-hybridized carbons (Fsp3) is 1.00. The monoisotopic (exact) mass is 209 g/mol. The fourth-order valence-electron chi connectivity index (χ4n) is 0.272. The predicted octanol–water partition coefficient (Wildman–Crippen LogP) is 1.14. The third-order valence-electron chi connectivity index (χ3n) is 0.612. The fourth-order valence-corrected chi connectivity index (χ4v) is 0.815. The molecule has 0 rings (SSSR count). The van der Waals surface area contributed by atoms with Crippen molar-refractivity contribution in [3.63, 3.8) is 0 Å². The normalized spacial score (nSPS) is 12.0. The van der Waals surface area contributed by atoms with Crippen molar-refractivity contribution in [3.05, 3.63) is 0 Å². The molecule has 74 valence electrons. The molecule has 0 atom stereocenters. The Morgan fingerprint density at radius 1 is 1.00 bits per heavy atom. The van der Waals surface area contributed by atoms with Gasteiger partial charge in [-0.1, -0.05) is 0 Å². The standard InChI is InChI=1S/C4H6F4O3P/c5-3(6)1-10-12(9)11-2-4(7)8/h3-4H,1-2H2/q-1. The molecule has 0 bridgehead atoms. The topological polar surface area (TPSA) is 41.5 Å². The molecule has 0 aliphatic rings. The van der Waals surface area contributed by atoms with Crippen LogP contribution in [0.3, 0.4) is 0 Å². The Hall–Kier alpha value is 0.0300. The number of alkyl halides is 4. The van der Waals surface area contributed by atoms with Crippen LogP contribution < -0.4 is 4.89 Å². The summed E-state index contributed by atoms with van der Waals surface area (Å²) in [5.74, 6) is 0. The van der Waals surface area contributed by atoms with Gasteiger partial charge in [-0.05, 0) is 0 Å². The second-order valence-corrected chi connectivity index (χ2v) is 2.56. The van der Waals surface area contributed by atoms with E-state index in [0.717, 1.165) is 0 Å². The molecule has 0 spiro atoms. The van der Waals surface area contributed by atoms with Crippen molar-refractivity contribution in [3.8, 4) is 0 Å². The highest BCUT2D eigenvalue weighted by molar-refractivity contribution is 7.39. The second kappa shape index (κ2) is 6.54. The lowest BCUT2D eigenvalue weighted by molar-refractivity contribution is -0.209. The van der Waals surface area contributed by atoms with E-state index in [4.69, 9.17) is 0 Å². The van der Waals surface area contributed by atoms with Crippen LogP contribution in [0.25, 0.3) is 0 Å². The molecule has 0 amide bonds. The molecule has 0 fully saturated rings. The Morgan fingerprint density at radius 2 is 1.33 bits per heavy atom. The molecular weight excluding hydrogens is 203 g/mol. The van der Waals surface area contributed by atoms with Crippen molar-refractivity contribution in [2.24, 2.45) is 0 Å². The SMILES string of the molecule is [O-]P(OCC(F)F)OCC(F)F. The summed E-state index contributed by atoms with van der Waals surface area (Å²) in [6.45, 7) is -2.17. The molecule has 0 radical (unpaired) electrons. The Balaban J connectivity index is 3.27. The van der Waals surface area contributed by atoms with E-state index in [2.05, 4.69) is 9.05 Å². The van der Waals surface area contributed by atoms with Crippen molar-refractivity contribution in [1.82, 2.24) is 0 Å². The molecule has 8 heteroatoms. The summed E-state index contributed by atoms with van der Waals surface area (Å²) < 4.78 is 53.1. The van der Waals surface area contributed by atoms with Gasteiger partial charge in [0.05, 0.1) is 8.60 Å². The molecule has 0 aliphatic heterocycles. The average molecular weight is 209 g/mol. The van der Waals surface area contributed by atoms with Crippen LogP contribution in [0.2, 0.25) is 0 Å². The summed E-state index contributed by atoms with van der Waals surface area (Å²) >= 11 is 0. The summed E-state index contributed by atoms with van der Waals surface area (Å²) in [5, 5.41) is 0. The van der Waals surface area contributed by atoms with Crippen LogP contribution in [-0.4, -0.2) is 26.1 Å². The maximum atomic E-state index is 11.3. The zero-order chi connectivity index (χ0) is 9.56. The summed E-state index contributed by atoms with van der Waals surface area (Å²) in [7, 11) is -2.86. The highest BCUT2D eigenvalue weighted by Crippen LogP contribution is 2.28. The molecule has 0 heterocycles. The van der Waals surface area contributed by atoms with Gasteiger partial charge in [0.1, 0.15) is 13.2 Å². The van der Waals surface area contributed by atoms with Crippen LogP contribution in [0.1, 0.15) is 0 Å². The molecule has 0 saturated heterocycles. The maximum Gasteiger partial charge on any atom is 0.261 e. The van der Waals surface area contributed by atoms with Crippen LogP contribution in [0, 0.1) is 0 Å². The minimum Gasteiger partial charge on any atom is -0.786 e. The lowest BCUT2D eigenvalue weighted by Gasteiger charge is -2.21. The van der Waals surface area contributed by atoms with E-state index < -0.39 is 34.7 Å². The first-order valence-corrected chi connectivity index (χ1v) is 3.91. The molecule has 0 N–H and O–H groups in total. The minimum atomic E-state index is -2.86. The average Bonchev–Trinajstić information content (AvgIpc) is 1.96. The molecular formula is C4H6F4O3P-. The predicted molar refractivity (Wildman–Crippen MR) is 30.8 cm³/mol. The molecule has 3 nitrogen and oxygen atoms in total. The zero-order valence-corrected chi connectivity index (χ0v) is 6.65. The van der Waals surface area contributed by atoms with E-state index >= 15 is 0 Å². The van der Waals surface area contributed by atoms with Gasteiger partial charge in [0.25, 0.3) is 12.9 Å². The molecule has 12 heavy (non-hydrogen) atoms. The van der Waals surface area contributed by atoms with Crippen molar-refractivity contribution < 1.29 is 31.5 Å². The van der Waals surface area contributed by atoms with Gasteiger partial charge in [-0.25, -0.2) is 17.6 Å². The van der Waals surface area contributed by atoms with Crippen LogP contribution in [0.4, 0.5) is 17.6 Å². The molecule has 0 aromatic heterocycles. The number of hydrogen-bond donors (Lipinski definition) is 0. The smallest absolute Gasteiger partial charge is 0.261 e. The molecule has 0 saturated carbocycles. The summed E-state index contributed by atoms with van der Waals surface area (Å²) in [6.07, 6.45) is -5.59. The van der Waals surface area contributed by atoms with Gasteiger partial charge in [-0.3, -0.25) is 0 Å². The van der Waals surface area contributed by atoms with Crippen LogP contribution in [-0.2, 0) is 9.05 Å². The third kappa shape index (κ3) is 8.13. The van der Waals surface area contributed by atoms with Crippen molar-refractivity contribution in [1.29, 1.82) is 0 Å². The van der Waals surface area contributed by atoms with Crippen molar-refractivity contribution in [2.45, 2.75) is 12.9 Å². The van der Waals surface area contributed by atoms with E-state index in [-0.39, 0.29) is 0 Å². The summed E-state index contributed by atoms with van der Waals surface area (Å²) in [6, 6.07) is 0. The van der Waals surface area contributed by atoms with Crippen LogP contribution in [0.15, 0.2) is 0 Å². The molecule has 0 aliphatic carbocycles. The van der Waals surface area contributed by atoms with Gasteiger partial charge in [0.15, 0.2) is 0 Å². The number of hydrogen-bond acceptors (Lipinski definition) is 3. The maximum absolute atomic E-state index is 11.3.